The summed E-state index contributed by atoms with van der Waals surface area (Å²) in [5, 5.41) is 34.3. The maximum Gasteiger partial charge on any atom is 0.303 e. The van der Waals surface area contributed by atoms with Crippen LogP contribution in [0.5, 0.6) is 0 Å². The maximum absolute atomic E-state index is 10.4. The second-order valence-corrected chi connectivity index (χ2v) is 17.7. The predicted molar refractivity (Wildman–Crippen MR) is 253 cm³/mol. The van der Waals surface area contributed by atoms with Gasteiger partial charge in [0, 0.05) is 12.8 Å². The van der Waals surface area contributed by atoms with Gasteiger partial charge in [0.1, 0.15) is 0 Å². The molecule has 0 aliphatic carbocycles. The molecule has 0 radical (unpaired) electrons. The monoisotopic (exact) mass is 827 g/mol. The lowest BCUT2D eigenvalue weighted by Gasteiger charge is -2.03. The number of aliphatic hydroxyl groups is 2. The number of carboxylic acids is 2. The fourth-order valence-electron chi connectivity index (χ4n) is 7.64. The molecule has 0 aromatic carbocycles. The molecule has 0 spiro atoms. The number of aliphatic carboxylic acids is 2. The smallest absolute Gasteiger partial charge is 0.303 e. The van der Waals surface area contributed by atoms with Gasteiger partial charge in [0.2, 0.25) is 0 Å². The van der Waals surface area contributed by atoms with E-state index in [1.54, 1.807) is 0 Å². The van der Waals surface area contributed by atoms with Crippen LogP contribution in [0.4, 0.5) is 0 Å². The predicted octanol–water partition coefficient (Wildman–Crippen LogP) is 17.4. The first kappa shape index (κ1) is 61.2. The van der Waals surface area contributed by atoms with Crippen LogP contribution in [0, 0.1) is 0 Å². The fraction of sp³-hybridized carbons (Fsp3) is 0.962. The molecule has 0 saturated carbocycles. The summed E-state index contributed by atoms with van der Waals surface area (Å²) >= 11 is 0. The van der Waals surface area contributed by atoms with E-state index in [0.717, 1.165) is 38.5 Å². The summed E-state index contributed by atoms with van der Waals surface area (Å²) in [5.74, 6) is -1.30. The van der Waals surface area contributed by atoms with Gasteiger partial charge in [-0.1, -0.05) is 278 Å². The molecule has 0 heterocycles. The number of rotatable bonds is 46. The van der Waals surface area contributed by atoms with Crippen LogP contribution in [-0.2, 0) is 9.59 Å². The molecule has 6 nitrogen and oxygen atoms in total. The van der Waals surface area contributed by atoms with E-state index in [1.807, 2.05) is 0 Å². The zero-order valence-electron chi connectivity index (χ0n) is 39.7. The normalized spacial score (nSPS) is 11.0. The van der Waals surface area contributed by atoms with E-state index in [0.29, 0.717) is 19.3 Å². The molecule has 0 aromatic rings. The molecule has 0 aliphatic rings. The minimum atomic E-state index is -1.10. The summed E-state index contributed by atoms with van der Waals surface area (Å²) in [4.78, 5) is 20.7. The topological polar surface area (TPSA) is 115 Å². The van der Waals surface area contributed by atoms with Crippen molar-refractivity contribution in [3.05, 3.63) is 0 Å². The van der Waals surface area contributed by atoms with Gasteiger partial charge in [-0.05, 0) is 25.7 Å². The van der Waals surface area contributed by atoms with Gasteiger partial charge in [0.05, 0.1) is 0 Å². The Morgan fingerprint density at radius 3 is 0.586 bits per heavy atom. The third-order valence-electron chi connectivity index (χ3n) is 11.6. The molecule has 0 rings (SSSR count). The van der Waals surface area contributed by atoms with Crippen molar-refractivity contribution in [1.29, 1.82) is 0 Å². The lowest BCUT2D eigenvalue weighted by molar-refractivity contribution is -0.138. The molecule has 0 fully saturated rings. The highest BCUT2D eigenvalue weighted by atomic mass is 16.5. The van der Waals surface area contributed by atoms with Gasteiger partial charge in [0.25, 0.3) is 0 Å². The molecule has 6 heteroatoms. The van der Waals surface area contributed by atoms with Crippen LogP contribution in [0.3, 0.4) is 0 Å². The van der Waals surface area contributed by atoms with Crippen molar-refractivity contribution in [2.24, 2.45) is 0 Å². The number of carboxylic acid groups (broad SMARTS) is 2. The minimum Gasteiger partial charge on any atom is -0.481 e. The maximum atomic E-state index is 10.4. The Kier molecular flexibility index (Phi) is 61.1. The summed E-state index contributed by atoms with van der Waals surface area (Å²) < 4.78 is 0. The van der Waals surface area contributed by atoms with E-state index in [-0.39, 0.29) is 0 Å². The number of hydrogen-bond donors (Lipinski definition) is 4. The SMILES string of the molecule is CCCCCCCCCCCC(O)O.CCCCCCCCCCCCCCCCCCCC(=O)O.CCCCCCCCCCCCCCCCCCCC(=O)O. The summed E-state index contributed by atoms with van der Waals surface area (Å²) in [5.41, 5.74) is 0. The van der Waals surface area contributed by atoms with Crippen LogP contribution in [0.15, 0.2) is 0 Å². The van der Waals surface area contributed by atoms with Crippen molar-refractivity contribution in [2.45, 2.75) is 322 Å². The quantitative estimate of drug-likeness (QED) is 0.0359. The third-order valence-corrected chi connectivity index (χ3v) is 11.6. The van der Waals surface area contributed by atoms with Crippen molar-refractivity contribution in [1.82, 2.24) is 0 Å². The van der Waals surface area contributed by atoms with E-state index < -0.39 is 18.2 Å². The highest BCUT2D eigenvalue weighted by Crippen LogP contribution is 2.16. The molecule has 0 saturated heterocycles. The van der Waals surface area contributed by atoms with Crippen LogP contribution < -0.4 is 0 Å². The van der Waals surface area contributed by atoms with Crippen LogP contribution >= 0.6 is 0 Å². The summed E-state index contributed by atoms with van der Waals surface area (Å²) in [6.45, 7) is 6.79. The second-order valence-electron chi connectivity index (χ2n) is 17.7. The number of carbonyl (C=O) groups is 2. The summed E-state index contributed by atoms with van der Waals surface area (Å²) in [6.07, 6.45) is 57.2. The largest absolute Gasteiger partial charge is 0.481 e. The lowest BCUT2D eigenvalue weighted by Crippen LogP contribution is -2.02. The Bertz CT molecular complexity index is 693. The lowest BCUT2D eigenvalue weighted by atomic mass is 10.0. The van der Waals surface area contributed by atoms with Crippen molar-refractivity contribution in [3.8, 4) is 0 Å². The van der Waals surface area contributed by atoms with Gasteiger partial charge < -0.3 is 20.4 Å². The van der Waals surface area contributed by atoms with Gasteiger partial charge in [-0.15, -0.1) is 0 Å². The Labute approximate surface area is 363 Å². The molecule has 0 amide bonds. The Morgan fingerprint density at radius 1 is 0.276 bits per heavy atom. The Balaban J connectivity index is -0.000000804. The molecule has 0 bridgehead atoms. The molecule has 0 aromatic heterocycles. The molecule has 0 unspecified atom stereocenters. The number of hydrogen-bond acceptors (Lipinski definition) is 4. The Hall–Kier alpha value is -1.14. The fourth-order valence-corrected chi connectivity index (χ4v) is 7.64. The van der Waals surface area contributed by atoms with Gasteiger partial charge in [-0.2, -0.15) is 0 Å². The highest BCUT2D eigenvalue weighted by molar-refractivity contribution is 5.66. The van der Waals surface area contributed by atoms with Crippen LogP contribution in [0.1, 0.15) is 316 Å². The number of unbranched alkanes of at least 4 members (excludes halogenated alkanes) is 40. The van der Waals surface area contributed by atoms with Crippen LogP contribution in [0.25, 0.3) is 0 Å². The first-order valence-electron chi connectivity index (χ1n) is 26.1. The van der Waals surface area contributed by atoms with E-state index in [2.05, 4.69) is 20.8 Å². The molecule has 4 N–H and O–H groups in total. The van der Waals surface area contributed by atoms with E-state index >= 15 is 0 Å². The average molecular weight is 827 g/mol. The van der Waals surface area contributed by atoms with Gasteiger partial charge in [-0.25, -0.2) is 0 Å². The summed E-state index contributed by atoms with van der Waals surface area (Å²) in [7, 11) is 0. The van der Waals surface area contributed by atoms with Gasteiger partial charge in [-0.3, -0.25) is 9.59 Å². The van der Waals surface area contributed by atoms with Crippen molar-refractivity contribution in [3.63, 3.8) is 0 Å². The average Bonchev–Trinajstić information content (AvgIpc) is 3.20. The van der Waals surface area contributed by atoms with Crippen LogP contribution in [0.2, 0.25) is 0 Å². The van der Waals surface area contributed by atoms with Crippen molar-refractivity contribution in [2.75, 3.05) is 0 Å². The molecular formula is C52H106O6. The molecule has 58 heavy (non-hydrogen) atoms. The summed E-state index contributed by atoms with van der Waals surface area (Å²) in [6, 6.07) is 0. The van der Waals surface area contributed by atoms with Gasteiger partial charge in [0.15, 0.2) is 6.29 Å². The van der Waals surface area contributed by atoms with Crippen molar-refractivity contribution < 1.29 is 30.0 Å². The van der Waals surface area contributed by atoms with E-state index in [4.69, 9.17) is 20.4 Å². The zero-order chi connectivity index (χ0) is 43.3. The number of aliphatic hydroxyl groups excluding tert-OH is 1. The van der Waals surface area contributed by atoms with Crippen LogP contribution in [-0.4, -0.2) is 38.7 Å². The molecular weight excluding hydrogens is 721 g/mol. The minimum absolute atomic E-state index is 0.346. The Morgan fingerprint density at radius 2 is 0.431 bits per heavy atom. The van der Waals surface area contributed by atoms with Crippen molar-refractivity contribution >= 4 is 11.9 Å². The molecule has 0 aliphatic heterocycles. The molecule has 0 atom stereocenters. The second kappa shape index (κ2) is 58.0. The van der Waals surface area contributed by atoms with E-state index in [1.165, 1.54) is 238 Å². The standard InChI is InChI=1S/2C20H40O2.C12H26O2/c2*1-2-3-4-5-6-7-8-9-10-11-12-13-14-15-16-17-18-19-20(21)22;1-2-3-4-5-6-7-8-9-10-11-12(13)14/h2*2-19H2,1H3,(H,21,22);12-14H,2-11H2,1H3. The first-order valence-corrected chi connectivity index (χ1v) is 26.1. The van der Waals surface area contributed by atoms with Gasteiger partial charge >= 0.3 is 11.9 Å². The highest BCUT2D eigenvalue weighted by Gasteiger charge is 2.00. The first-order chi connectivity index (χ1) is 28.3. The molecule has 350 valence electrons. The third kappa shape index (κ3) is 69.5. The van der Waals surface area contributed by atoms with E-state index in [9.17, 15) is 9.59 Å². The zero-order valence-corrected chi connectivity index (χ0v) is 39.7.